The molecule has 1 N–H and O–H groups in total. The van der Waals surface area contributed by atoms with Gasteiger partial charge in [0.05, 0.1) is 5.41 Å². The normalized spacial score (nSPS) is 15.8. The Hall–Kier alpha value is -3.48. The van der Waals surface area contributed by atoms with Crippen molar-refractivity contribution in [3.05, 3.63) is 83.9 Å². The third-order valence-electron chi connectivity index (χ3n) is 5.59. The molecule has 7 heteroatoms. The number of carbonyl (C=O) groups excluding carboxylic acids is 1. The molecule has 4 rings (SSSR count). The number of aliphatic carboxylic acids is 1. The molecule has 0 unspecified atom stereocenters. The van der Waals surface area contributed by atoms with Gasteiger partial charge in [-0.15, -0.1) is 0 Å². The van der Waals surface area contributed by atoms with E-state index in [2.05, 4.69) is 5.10 Å². The number of carbonyl (C=O) groups is 2. The molecule has 2 aromatic carbocycles. The van der Waals surface area contributed by atoms with Crippen molar-refractivity contribution < 1.29 is 19.1 Å². The second-order valence-electron chi connectivity index (χ2n) is 7.16. The Bertz CT molecular complexity index is 1030. The lowest BCUT2D eigenvalue weighted by Crippen LogP contribution is -2.49. The van der Waals surface area contributed by atoms with Gasteiger partial charge >= 0.3 is 5.97 Å². The van der Waals surface area contributed by atoms with Crippen LogP contribution in [0.5, 0.6) is 0 Å². The number of likely N-dealkylation sites (tertiary alicyclic amines) is 1. The molecule has 148 valence electrons. The van der Waals surface area contributed by atoms with Gasteiger partial charge in [0, 0.05) is 31.0 Å². The van der Waals surface area contributed by atoms with Gasteiger partial charge in [0.15, 0.2) is 0 Å². The van der Waals surface area contributed by atoms with E-state index in [4.69, 9.17) is 0 Å². The van der Waals surface area contributed by atoms with Crippen LogP contribution in [-0.4, -0.2) is 44.8 Å². The number of hydrogen-bond donors (Lipinski definition) is 1. The molecule has 1 aliphatic rings. The Labute approximate surface area is 167 Å². The first-order valence-corrected chi connectivity index (χ1v) is 9.39. The molecule has 1 saturated heterocycles. The molecule has 6 nitrogen and oxygen atoms in total. The van der Waals surface area contributed by atoms with Gasteiger partial charge in [0.25, 0.3) is 5.91 Å². The standard InChI is InChI=1S/C22H20FN3O3/c23-18-15-16(7-8-19(18)26-12-4-11-24-26)20(27)25-13-9-22(10-14-25,21(28)29)17-5-2-1-3-6-17/h1-8,11-12,15H,9-10,13-14H2,(H,28,29). The molecule has 1 aromatic heterocycles. The predicted octanol–water partition coefficient (Wildman–Crippen LogP) is 3.27. The van der Waals surface area contributed by atoms with Crippen molar-refractivity contribution in [2.24, 2.45) is 0 Å². The minimum Gasteiger partial charge on any atom is -0.481 e. The number of benzene rings is 2. The van der Waals surface area contributed by atoms with Crippen molar-refractivity contribution in [2.75, 3.05) is 13.1 Å². The van der Waals surface area contributed by atoms with E-state index in [1.165, 1.54) is 16.8 Å². The molecule has 0 bridgehead atoms. The molecule has 29 heavy (non-hydrogen) atoms. The first kappa shape index (κ1) is 18.9. The highest BCUT2D eigenvalue weighted by atomic mass is 19.1. The van der Waals surface area contributed by atoms with E-state index in [-0.39, 0.29) is 17.2 Å². The summed E-state index contributed by atoms with van der Waals surface area (Å²) < 4.78 is 15.9. The van der Waals surface area contributed by atoms with Crippen LogP contribution in [0.25, 0.3) is 5.69 Å². The third kappa shape index (κ3) is 3.40. The van der Waals surface area contributed by atoms with Crippen molar-refractivity contribution in [1.29, 1.82) is 0 Å². The van der Waals surface area contributed by atoms with Crippen molar-refractivity contribution in [1.82, 2.24) is 14.7 Å². The number of piperidine rings is 1. The van der Waals surface area contributed by atoms with E-state index in [1.54, 1.807) is 29.4 Å². The maximum Gasteiger partial charge on any atom is 0.314 e. The Morgan fingerprint density at radius 2 is 1.76 bits per heavy atom. The molecule has 1 aliphatic heterocycles. The average Bonchev–Trinajstić information content (AvgIpc) is 3.28. The van der Waals surface area contributed by atoms with Crippen LogP contribution in [-0.2, 0) is 10.2 Å². The number of carboxylic acids is 1. The van der Waals surface area contributed by atoms with Crippen LogP contribution in [0.1, 0.15) is 28.8 Å². The summed E-state index contributed by atoms with van der Waals surface area (Å²) in [5.41, 5.74) is 0.238. The number of rotatable bonds is 4. The third-order valence-corrected chi connectivity index (χ3v) is 5.59. The minimum absolute atomic E-state index is 0.237. The summed E-state index contributed by atoms with van der Waals surface area (Å²) in [7, 11) is 0. The topological polar surface area (TPSA) is 75.4 Å². The number of aromatic nitrogens is 2. The van der Waals surface area contributed by atoms with Gasteiger partial charge < -0.3 is 10.0 Å². The molecule has 0 spiro atoms. The van der Waals surface area contributed by atoms with Gasteiger partial charge in [-0.25, -0.2) is 9.07 Å². The van der Waals surface area contributed by atoms with Gasteiger partial charge in [0.1, 0.15) is 11.5 Å². The van der Waals surface area contributed by atoms with E-state index in [9.17, 15) is 19.1 Å². The van der Waals surface area contributed by atoms with Crippen LogP contribution in [0.4, 0.5) is 4.39 Å². The molecule has 1 amide bonds. The lowest BCUT2D eigenvalue weighted by Gasteiger charge is -2.39. The number of hydrogen-bond acceptors (Lipinski definition) is 3. The maximum atomic E-state index is 14.5. The maximum absolute atomic E-state index is 14.5. The Morgan fingerprint density at radius 3 is 2.34 bits per heavy atom. The molecule has 0 saturated carbocycles. The fourth-order valence-electron chi connectivity index (χ4n) is 3.89. The molecule has 3 aromatic rings. The van der Waals surface area contributed by atoms with Crippen LogP contribution >= 0.6 is 0 Å². The number of amides is 1. The number of halogens is 1. The zero-order valence-corrected chi connectivity index (χ0v) is 15.7. The highest BCUT2D eigenvalue weighted by Gasteiger charge is 2.43. The van der Waals surface area contributed by atoms with Crippen molar-refractivity contribution >= 4 is 11.9 Å². The SMILES string of the molecule is O=C(c1ccc(-n2cccn2)c(F)c1)N1CCC(C(=O)O)(c2ccccc2)CC1. The summed E-state index contributed by atoms with van der Waals surface area (Å²) in [6.07, 6.45) is 3.80. The smallest absolute Gasteiger partial charge is 0.314 e. The van der Waals surface area contributed by atoms with E-state index in [0.717, 1.165) is 5.56 Å². The van der Waals surface area contributed by atoms with Crippen LogP contribution in [0, 0.1) is 5.82 Å². The van der Waals surface area contributed by atoms with Crippen molar-refractivity contribution in [3.8, 4) is 5.69 Å². The first-order chi connectivity index (χ1) is 14.0. The predicted molar refractivity (Wildman–Crippen MR) is 104 cm³/mol. The van der Waals surface area contributed by atoms with Gasteiger partial charge in [-0.05, 0) is 42.7 Å². The number of carboxylic acid groups (broad SMARTS) is 1. The van der Waals surface area contributed by atoms with Gasteiger partial charge in [0.2, 0.25) is 0 Å². The quantitative estimate of drug-likeness (QED) is 0.738. The van der Waals surface area contributed by atoms with Crippen LogP contribution < -0.4 is 0 Å². The van der Waals surface area contributed by atoms with Crippen LogP contribution in [0.2, 0.25) is 0 Å². The monoisotopic (exact) mass is 393 g/mol. The van der Waals surface area contributed by atoms with Gasteiger partial charge in [-0.3, -0.25) is 9.59 Å². The summed E-state index contributed by atoms with van der Waals surface area (Å²) in [4.78, 5) is 26.5. The zero-order chi connectivity index (χ0) is 20.4. The average molecular weight is 393 g/mol. The molecule has 2 heterocycles. The van der Waals surface area contributed by atoms with Crippen molar-refractivity contribution in [3.63, 3.8) is 0 Å². The van der Waals surface area contributed by atoms with E-state index in [0.29, 0.717) is 25.9 Å². The Kier molecular flexibility index (Phi) is 4.88. The zero-order valence-electron chi connectivity index (χ0n) is 15.7. The fourth-order valence-corrected chi connectivity index (χ4v) is 3.89. The Morgan fingerprint density at radius 1 is 1.03 bits per heavy atom. The molecule has 0 atom stereocenters. The summed E-state index contributed by atoms with van der Waals surface area (Å²) in [5.74, 6) is -1.73. The summed E-state index contributed by atoms with van der Waals surface area (Å²) in [6.45, 7) is 0.588. The van der Waals surface area contributed by atoms with Crippen LogP contribution in [0.3, 0.4) is 0 Å². The Balaban J connectivity index is 1.52. The number of nitrogens with zero attached hydrogens (tertiary/aromatic N) is 3. The molecule has 0 aliphatic carbocycles. The fraction of sp³-hybridized carbons (Fsp3) is 0.227. The van der Waals surface area contributed by atoms with E-state index >= 15 is 0 Å². The van der Waals surface area contributed by atoms with Crippen LogP contribution in [0.15, 0.2) is 67.0 Å². The second-order valence-corrected chi connectivity index (χ2v) is 7.16. The summed E-state index contributed by atoms with van der Waals surface area (Å²) in [6, 6.07) is 15.1. The second kappa shape index (κ2) is 7.50. The largest absolute Gasteiger partial charge is 0.481 e. The highest BCUT2D eigenvalue weighted by molar-refractivity contribution is 5.95. The molecular formula is C22H20FN3O3. The highest BCUT2D eigenvalue weighted by Crippen LogP contribution is 2.36. The minimum atomic E-state index is -1.01. The van der Waals surface area contributed by atoms with Gasteiger partial charge in [-0.1, -0.05) is 30.3 Å². The lowest BCUT2D eigenvalue weighted by molar-refractivity contribution is -0.145. The molecule has 0 radical (unpaired) electrons. The van der Waals surface area contributed by atoms with Crippen molar-refractivity contribution in [2.45, 2.75) is 18.3 Å². The molecular weight excluding hydrogens is 373 g/mol. The first-order valence-electron chi connectivity index (χ1n) is 9.39. The van der Waals surface area contributed by atoms with Gasteiger partial charge in [-0.2, -0.15) is 5.10 Å². The summed E-state index contributed by atoms with van der Waals surface area (Å²) in [5, 5.41) is 13.9. The van der Waals surface area contributed by atoms with E-state index < -0.39 is 17.2 Å². The summed E-state index contributed by atoms with van der Waals surface area (Å²) >= 11 is 0. The lowest BCUT2D eigenvalue weighted by atomic mass is 9.73. The molecule has 1 fully saturated rings. The van der Waals surface area contributed by atoms with E-state index in [1.807, 2.05) is 30.3 Å².